The summed E-state index contributed by atoms with van der Waals surface area (Å²) in [5.41, 5.74) is 6.53. The Balaban J connectivity index is 1.97. The number of aromatic nitrogens is 2. The quantitative estimate of drug-likeness (QED) is 0.778. The molecule has 1 N–H and O–H groups in total. The summed E-state index contributed by atoms with van der Waals surface area (Å²) in [5, 5.41) is 7.53. The maximum absolute atomic E-state index is 5.36. The van der Waals surface area contributed by atoms with E-state index in [1.54, 1.807) is 14.2 Å². The van der Waals surface area contributed by atoms with Crippen molar-refractivity contribution in [3.63, 3.8) is 0 Å². The first-order valence-electron chi connectivity index (χ1n) is 7.48. The van der Waals surface area contributed by atoms with Gasteiger partial charge in [-0.1, -0.05) is 12.1 Å². The molecule has 0 fully saturated rings. The van der Waals surface area contributed by atoms with Crippen molar-refractivity contribution >= 4 is 0 Å². The lowest BCUT2D eigenvalue weighted by Gasteiger charge is -2.08. The van der Waals surface area contributed by atoms with Gasteiger partial charge in [0.25, 0.3) is 0 Å². The molecular weight excluding hydrogens is 288 g/mol. The molecule has 0 aliphatic heterocycles. The van der Waals surface area contributed by atoms with Crippen molar-refractivity contribution < 1.29 is 9.47 Å². The monoisotopic (exact) mass is 308 g/mol. The number of rotatable bonds is 4. The highest BCUT2D eigenvalue weighted by Crippen LogP contribution is 2.32. The van der Waals surface area contributed by atoms with Crippen LogP contribution in [0.15, 0.2) is 42.5 Å². The average Bonchev–Trinajstić information content (AvgIpc) is 3.06. The Morgan fingerprint density at radius 1 is 0.783 bits per heavy atom. The SMILES string of the molecule is COc1ccc(-c2cc(-c3ccc(C)c(C)c3)n[nH]2)cc1OC. The molecule has 0 aliphatic rings. The second kappa shape index (κ2) is 6.16. The van der Waals surface area contributed by atoms with Crippen LogP contribution in [0.25, 0.3) is 22.5 Å². The number of benzene rings is 2. The van der Waals surface area contributed by atoms with Crippen molar-refractivity contribution in [1.82, 2.24) is 10.2 Å². The van der Waals surface area contributed by atoms with Crippen LogP contribution in [-0.4, -0.2) is 24.4 Å². The third kappa shape index (κ3) is 2.93. The van der Waals surface area contributed by atoms with Gasteiger partial charge < -0.3 is 9.47 Å². The zero-order valence-electron chi connectivity index (χ0n) is 13.8. The van der Waals surface area contributed by atoms with Crippen LogP contribution in [0.2, 0.25) is 0 Å². The molecule has 0 radical (unpaired) electrons. The summed E-state index contributed by atoms with van der Waals surface area (Å²) >= 11 is 0. The van der Waals surface area contributed by atoms with E-state index in [1.807, 2.05) is 24.3 Å². The Morgan fingerprint density at radius 2 is 1.52 bits per heavy atom. The Morgan fingerprint density at radius 3 is 2.22 bits per heavy atom. The third-order valence-corrected chi connectivity index (χ3v) is 4.08. The predicted molar refractivity (Wildman–Crippen MR) is 92.0 cm³/mol. The molecule has 0 spiro atoms. The fraction of sp³-hybridized carbons (Fsp3) is 0.211. The number of nitrogens with one attached hydrogen (secondary N) is 1. The lowest BCUT2D eigenvalue weighted by molar-refractivity contribution is 0.355. The molecule has 0 unspecified atom stereocenters. The van der Waals surface area contributed by atoms with E-state index in [2.05, 4.69) is 42.2 Å². The standard InChI is InChI=1S/C19H20N2O2/c1-12-5-6-14(9-13(12)2)16-11-17(21-20-16)15-7-8-18(22-3)19(10-15)23-4/h5-11H,1-4H3,(H,20,21). The van der Waals surface area contributed by atoms with Gasteiger partial charge in [-0.25, -0.2) is 0 Å². The van der Waals surface area contributed by atoms with Gasteiger partial charge in [-0.05, 0) is 55.3 Å². The first kappa shape index (κ1) is 15.2. The molecule has 0 aliphatic carbocycles. The van der Waals surface area contributed by atoms with Crippen molar-refractivity contribution in [2.45, 2.75) is 13.8 Å². The van der Waals surface area contributed by atoms with Crippen molar-refractivity contribution in [3.8, 4) is 34.0 Å². The van der Waals surface area contributed by atoms with Gasteiger partial charge in [-0.2, -0.15) is 5.10 Å². The number of aryl methyl sites for hydroxylation is 2. The normalized spacial score (nSPS) is 10.6. The molecule has 118 valence electrons. The fourth-order valence-electron chi connectivity index (χ4n) is 2.52. The molecule has 4 heteroatoms. The minimum atomic E-state index is 0.701. The molecule has 0 amide bonds. The molecular formula is C19H20N2O2. The van der Waals surface area contributed by atoms with Crippen LogP contribution in [0.4, 0.5) is 0 Å². The molecule has 4 nitrogen and oxygen atoms in total. The smallest absolute Gasteiger partial charge is 0.161 e. The number of hydrogen-bond acceptors (Lipinski definition) is 3. The maximum Gasteiger partial charge on any atom is 0.161 e. The molecule has 23 heavy (non-hydrogen) atoms. The summed E-state index contributed by atoms with van der Waals surface area (Å²) in [4.78, 5) is 0. The fourth-order valence-corrected chi connectivity index (χ4v) is 2.52. The van der Waals surface area contributed by atoms with E-state index in [4.69, 9.17) is 9.47 Å². The van der Waals surface area contributed by atoms with Crippen LogP contribution in [0.1, 0.15) is 11.1 Å². The minimum absolute atomic E-state index is 0.701. The molecule has 2 aromatic carbocycles. The zero-order valence-corrected chi connectivity index (χ0v) is 13.8. The first-order chi connectivity index (χ1) is 11.1. The van der Waals surface area contributed by atoms with Crippen LogP contribution in [0, 0.1) is 13.8 Å². The number of methoxy groups -OCH3 is 2. The highest BCUT2D eigenvalue weighted by Gasteiger charge is 2.10. The van der Waals surface area contributed by atoms with Crippen molar-refractivity contribution in [3.05, 3.63) is 53.6 Å². The Hall–Kier alpha value is -2.75. The van der Waals surface area contributed by atoms with E-state index in [0.29, 0.717) is 11.5 Å². The van der Waals surface area contributed by atoms with Gasteiger partial charge in [-0.15, -0.1) is 0 Å². The largest absolute Gasteiger partial charge is 0.493 e. The minimum Gasteiger partial charge on any atom is -0.493 e. The van der Waals surface area contributed by atoms with Gasteiger partial charge in [0.2, 0.25) is 0 Å². The van der Waals surface area contributed by atoms with Crippen LogP contribution in [0.3, 0.4) is 0 Å². The van der Waals surface area contributed by atoms with E-state index in [9.17, 15) is 0 Å². The van der Waals surface area contributed by atoms with E-state index >= 15 is 0 Å². The Labute approximate surface area is 136 Å². The lowest BCUT2D eigenvalue weighted by Crippen LogP contribution is -1.90. The zero-order chi connectivity index (χ0) is 16.4. The van der Waals surface area contributed by atoms with Crippen LogP contribution < -0.4 is 9.47 Å². The summed E-state index contributed by atoms with van der Waals surface area (Å²) in [5.74, 6) is 1.41. The molecule has 3 rings (SSSR count). The van der Waals surface area contributed by atoms with Gasteiger partial charge in [0.1, 0.15) is 0 Å². The molecule has 0 atom stereocenters. The molecule has 0 saturated heterocycles. The highest BCUT2D eigenvalue weighted by molar-refractivity contribution is 5.70. The molecule has 3 aromatic rings. The van der Waals surface area contributed by atoms with E-state index < -0.39 is 0 Å². The summed E-state index contributed by atoms with van der Waals surface area (Å²) in [6.45, 7) is 4.22. The summed E-state index contributed by atoms with van der Waals surface area (Å²) < 4.78 is 10.6. The summed E-state index contributed by atoms with van der Waals surface area (Å²) in [7, 11) is 3.26. The van der Waals surface area contributed by atoms with Gasteiger partial charge >= 0.3 is 0 Å². The van der Waals surface area contributed by atoms with Gasteiger partial charge in [0.05, 0.1) is 25.6 Å². The van der Waals surface area contributed by atoms with Crippen LogP contribution >= 0.6 is 0 Å². The topological polar surface area (TPSA) is 47.1 Å². The highest BCUT2D eigenvalue weighted by atomic mass is 16.5. The van der Waals surface area contributed by atoms with Crippen molar-refractivity contribution in [1.29, 1.82) is 0 Å². The molecule has 0 saturated carbocycles. The molecule has 1 aromatic heterocycles. The van der Waals surface area contributed by atoms with E-state index in [-0.39, 0.29) is 0 Å². The van der Waals surface area contributed by atoms with Gasteiger partial charge in [0.15, 0.2) is 11.5 Å². The van der Waals surface area contributed by atoms with Crippen molar-refractivity contribution in [2.75, 3.05) is 14.2 Å². The summed E-state index contributed by atoms with van der Waals surface area (Å²) in [6.07, 6.45) is 0. The Bertz CT molecular complexity index is 837. The number of ether oxygens (including phenoxy) is 2. The number of aromatic amines is 1. The van der Waals surface area contributed by atoms with Gasteiger partial charge in [-0.3, -0.25) is 5.10 Å². The molecule has 0 bridgehead atoms. The number of H-pyrrole nitrogens is 1. The molecule has 1 heterocycles. The predicted octanol–water partition coefficient (Wildman–Crippen LogP) is 4.38. The first-order valence-corrected chi connectivity index (χ1v) is 7.48. The van der Waals surface area contributed by atoms with Crippen LogP contribution in [0.5, 0.6) is 11.5 Å². The van der Waals surface area contributed by atoms with E-state index in [0.717, 1.165) is 22.5 Å². The Kier molecular flexibility index (Phi) is 4.06. The second-order valence-corrected chi connectivity index (χ2v) is 5.54. The van der Waals surface area contributed by atoms with Crippen LogP contribution in [-0.2, 0) is 0 Å². The number of hydrogen-bond donors (Lipinski definition) is 1. The second-order valence-electron chi connectivity index (χ2n) is 5.54. The van der Waals surface area contributed by atoms with Gasteiger partial charge in [0, 0.05) is 11.1 Å². The van der Waals surface area contributed by atoms with Crippen molar-refractivity contribution in [2.24, 2.45) is 0 Å². The maximum atomic E-state index is 5.36. The third-order valence-electron chi connectivity index (χ3n) is 4.08. The summed E-state index contributed by atoms with van der Waals surface area (Å²) in [6, 6.07) is 14.2. The van der Waals surface area contributed by atoms with E-state index in [1.165, 1.54) is 11.1 Å². The lowest BCUT2D eigenvalue weighted by atomic mass is 10.0. The number of nitrogens with zero attached hydrogens (tertiary/aromatic N) is 1. The average molecular weight is 308 g/mol.